The highest BCUT2D eigenvalue weighted by Gasteiger charge is 2.09. The van der Waals surface area contributed by atoms with Crippen molar-refractivity contribution in [2.75, 3.05) is 0 Å². The summed E-state index contributed by atoms with van der Waals surface area (Å²) in [6.45, 7) is 0. The van der Waals surface area contributed by atoms with Crippen LogP contribution in [0.25, 0.3) is 20.8 Å². The van der Waals surface area contributed by atoms with E-state index in [4.69, 9.17) is 11.6 Å². The van der Waals surface area contributed by atoms with E-state index >= 15 is 0 Å². The second-order valence-corrected chi connectivity index (χ2v) is 5.29. The predicted molar refractivity (Wildman–Crippen MR) is 77.8 cm³/mol. The lowest BCUT2D eigenvalue weighted by molar-refractivity contribution is 0.565. The van der Waals surface area contributed by atoms with Crippen molar-refractivity contribution >= 4 is 44.9 Å². The Labute approximate surface area is 118 Å². The van der Waals surface area contributed by atoms with Crippen molar-refractivity contribution in [3.8, 4) is 10.6 Å². The summed E-state index contributed by atoms with van der Waals surface area (Å²) in [5.74, 6) is 0. The van der Waals surface area contributed by atoms with Gasteiger partial charge >= 0.3 is 0 Å². The smallest absolute Gasteiger partial charge is 0.236 e. The second kappa shape index (κ2) is 4.94. The van der Waals surface area contributed by atoms with Crippen molar-refractivity contribution in [2.24, 2.45) is 4.99 Å². The molecule has 0 amide bonds. The molecule has 0 fully saturated rings. The molecule has 0 unspecified atom stereocenters. The molecule has 0 bridgehead atoms. The predicted octanol–water partition coefficient (Wildman–Crippen LogP) is 4.58. The zero-order chi connectivity index (χ0) is 13.2. The summed E-state index contributed by atoms with van der Waals surface area (Å²) in [7, 11) is 0. The molecule has 3 nitrogen and oxygen atoms in total. The van der Waals surface area contributed by atoms with E-state index in [-0.39, 0.29) is 0 Å². The summed E-state index contributed by atoms with van der Waals surface area (Å²) in [6, 6.07) is 13.1. The number of isocyanates is 1. The highest BCUT2D eigenvalue weighted by molar-refractivity contribution is 7.21. The molecular formula is C14H7ClN2OS. The van der Waals surface area contributed by atoms with Crippen LogP contribution in [0.2, 0.25) is 5.02 Å². The molecule has 92 valence electrons. The minimum atomic E-state index is 0.491. The van der Waals surface area contributed by atoms with Crippen molar-refractivity contribution in [2.45, 2.75) is 0 Å². The molecule has 0 N–H and O–H groups in total. The van der Waals surface area contributed by atoms with Gasteiger partial charge in [-0.15, -0.1) is 11.3 Å². The monoisotopic (exact) mass is 286 g/mol. The molecule has 0 atom stereocenters. The molecule has 3 rings (SSSR count). The normalized spacial score (nSPS) is 10.4. The number of rotatable bonds is 2. The number of hydrogen-bond donors (Lipinski definition) is 0. The molecule has 0 saturated heterocycles. The lowest BCUT2D eigenvalue weighted by atomic mass is 10.2. The summed E-state index contributed by atoms with van der Waals surface area (Å²) in [4.78, 5) is 18.3. The third-order valence-corrected chi connectivity index (χ3v) is 4.03. The van der Waals surface area contributed by atoms with E-state index in [1.54, 1.807) is 23.5 Å². The molecule has 0 aliphatic carbocycles. The molecule has 0 saturated carbocycles. The number of nitrogens with zero attached hydrogens (tertiary/aromatic N) is 2. The van der Waals surface area contributed by atoms with Crippen LogP contribution in [0.4, 0.5) is 5.69 Å². The van der Waals surface area contributed by atoms with Gasteiger partial charge in [-0.1, -0.05) is 23.7 Å². The molecule has 0 aliphatic rings. The number of carbonyl (C=O) groups excluding carboxylic acids is 1. The van der Waals surface area contributed by atoms with E-state index < -0.39 is 0 Å². The van der Waals surface area contributed by atoms with Gasteiger partial charge in [-0.2, -0.15) is 4.99 Å². The van der Waals surface area contributed by atoms with Crippen molar-refractivity contribution in [1.29, 1.82) is 0 Å². The topological polar surface area (TPSA) is 42.3 Å². The Morgan fingerprint density at radius 2 is 2.05 bits per heavy atom. The Hall–Kier alpha value is -2.00. The van der Waals surface area contributed by atoms with Gasteiger partial charge in [0.1, 0.15) is 5.01 Å². The molecule has 19 heavy (non-hydrogen) atoms. The maximum Gasteiger partial charge on any atom is 0.240 e. The summed E-state index contributed by atoms with van der Waals surface area (Å²) < 4.78 is 1.11. The summed E-state index contributed by atoms with van der Waals surface area (Å²) in [5.41, 5.74) is 2.28. The van der Waals surface area contributed by atoms with Crippen LogP contribution in [0.5, 0.6) is 0 Å². The quantitative estimate of drug-likeness (QED) is 0.511. The van der Waals surface area contributed by atoms with Crippen LogP contribution in [0.3, 0.4) is 0 Å². The fraction of sp³-hybridized carbons (Fsp3) is 0. The zero-order valence-electron chi connectivity index (χ0n) is 9.63. The Bertz CT molecular complexity index is 773. The lowest BCUT2D eigenvalue weighted by Gasteiger charge is -2.00. The molecular weight excluding hydrogens is 280 g/mol. The SMILES string of the molecule is O=C=Nc1ccc(-c2nc3ccccc3s2)c(Cl)c1. The molecule has 0 aliphatic heterocycles. The van der Waals surface area contributed by atoms with Crippen LogP contribution in [0.1, 0.15) is 0 Å². The molecule has 2 aromatic carbocycles. The first-order valence-electron chi connectivity index (χ1n) is 5.51. The highest BCUT2D eigenvalue weighted by Crippen LogP contribution is 2.35. The molecule has 1 aromatic heterocycles. The first-order chi connectivity index (χ1) is 9.28. The van der Waals surface area contributed by atoms with E-state index in [9.17, 15) is 4.79 Å². The Kier molecular flexibility index (Phi) is 3.13. The molecule has 3 aromatic rings. The molecule has 0 spiro atoms. The third kappa shape index (κ3) is 2.29. The van der Waals surface area contributed by atoms with Gasteiger partial charge in [0.2, 0.25) is 6.08 Å². The zero-order valence-corrected chi connectivity index (χ0v) is 11.2. The van der Waals surface area contributed by atoms with Gasteiger partial charge in [0.15, 0.2) is 0 Å². The number of benzene rings is 2. The Balaban J connectivity index is 2.13. The second-order valence-electron chi connectivity index (χ2n) is 3.85. The maximum absolute atomic E-state index is 10.2. The van der Waals surface area contributed by atoms with Gasteiger partial charge in [-0.25, -0.2) is 9.78 Å². The standard InChI is InChI=1S/C14H7ClN2OS/c15-11-7-9(16-8-18)5-6-10(11)14-17-12-3-1-2-4-13(12)19-14/h1-7H. The number of aromatic nitrogens is 1. The number of aliphatic imine (C=N–C) groups is 1. The molecule has 5 heteroatoms. The van der Waals surface area contributed by atoms with Gasteiger partial charge < -0.3 is 0 Å². The summed E-state index contributed by atoms with van der Waals surface area (Å²) in [5, 5.41) is 1.38. The first kappa shape index (κ1) is 12.1. The average Bonchev–Trinajstić information content (AvgIpc) is 2.82. The number of halogens is 1. The largest absolute Gasteiger partial charge is 0.240 e. The number of fused-ring (bicyclic) bond motifs is 1. The number of hydrogen-bond acceptors (Lipinski definition) is 4. The van der Waals surface area contributed by atoms with Crippen LogP contribution in [0.15, 0.2) is 47.5 Å². The van der Waals surface area contributed by atoms with Crippen LogP contribution in [0, 0.1) is 0 Å². The minimum Gasteiger partial charge on any atom is -0.236 e. The van der Waals surface area contributed by atoms with E-state index in [0.717, 1.165) is 20.8 Å². The summed E-state index contributed by atoms with van der Waals surface area (Å²) in [6.07, 6.45) is 1.50. The minimum absolute atomic E-state index is 0.491. The van der Waals surface area contributed by atoms with Gasteiger partial charge in [0.05, 0.1) is 20.9 Å². The van der Waals surface area contributed by atoms with E-state index in [2.05, 4.69) is 9.98 Å². The van der Waals surface area contributed by atoms with Gasteiger partial charge in [0, 0.05) is 5.56 Å². The lowest BCUT2D eigenvalue weighted by Crippen LogP contribution is -1.78. The van der Waals surface area contributed by atoms with Crippen molar-refractivity contribution < 1.29 is 4.79 Å². The first-order valence-corrected chi connectivity index (χ1v) is 6.71. The van der Waals surface area contributed by atoms with Crippen LogP contribution < -0.4 is 0 Å². The van der Waals surface area contributed by atoms with Crippen LogP contribution >= 0.6 is 22.9 Å². The van der Waals surface area contributed by atoms with E-state index in [1.165, 1.54) is 6.08 Å². The van der Waals surface area contributed by atoms with Gasteiger partial charge in [-0.05, 0) is 30.3 Å². The summed E-state index contributed by atoms with van der Waals surface area (Å²) >= 11 is 7.78. The Morgan fingerprint density at radius 1 is 1.21 bits per heavy atom. The van der Waals surface area contributed by atoms with Crippen molar-refractivity contribution in [3.63, 3.8) is 0 Å². The molecule has 1 heterocycles. The number of thiazole rings is 1. The van der Waals surface area contributed by atoms with Crippen molar-refractivity contribution in [1.82, 2.24) is 4.98 Å². The fourth-order valence-corrected chi connectivity index (χ4v) is 3.11. The third-order valence-electron chi connectivity index (χ3n) is 2.65. The van der Waals surface area contributed by atoms with Crippen LogP contribution in [-0.2, 0) is 4.79 Å². The Morgan fingerprint density at radius 3 is 2.79 bits per heavy atom. The van der Waals surface area contributed by atoms with E-state index in [1.807, 2.05) is 30.3 Å². The van der Waals surface area contributed by atoms with Gasteiger partial charge in [-0.3, -0.25) is 0 Å². The fourth-order valence-electron chi connectivity index (χ4n) is 1.79. The maximum atomic E-state index is 10.2. The number of para-hydroxylation sites is 1. The van der Waals surface area contributed by atoms with Gasteiger partial charge in [0.25, 0.3) is 0 Å². The average molecular weight is 287 g/mol. The van der Waals surface area contributed by atoms with Crippen LogP contribution in [-0.4, -0.2) is 11.1 Å². The highest BCUT2D eigenvalue weighted by atomic mass is 35.5. The van der Waals surface area contributed by atoms with Crippen molar-refractivity contribution in [3.05, 3.63) is 47.5 Å². The van der Waals surface area contributed by atoms with E-state index in [0.29, 0.717) is 10.7 Å². The molecule has 0 radical (unpaired) electrons.